The van der Waals surface area contributed by atoms with E-state index < -0.39 is 23.8 Å². The van der Waals surface area contributed by atoms with E-state index in [2.05, 4.69) is 5.32 Å². The Morgan fingerprint density at radius 3 is 2.11 bits per heavy atom. The summed E-state index contributed by atoms with van der Waals surface area (Å²) in [7, 11) is 0. The monoisotopic (exact) mass is 263 g/mol. The number of rotatable bonds is 1. The molecule has 0 saturated carbocycles. The van der Waals surface area contributed by atoms with Gasteiger partial charge in [0.1, 0.15) is 6.04 Å². The maximum Gasteiger partial charge on any atom is 0.262 e. The van der Waals surface area contributed by atoms with E-state index in [1.165, 1.54) is 0 Å². The van der Waals surface area contributed by atoms with Crippen LogP contribution in [0, 0.1) is 0 Å². The van der Waals surface area contributed by atoms with Crippen LogP contribution in [0.1, 0.15) is 33.6 Å². The van der Waals surface area contributed by atoms with Crippen LogP contribution in [0.4, 0.5) is 0 Å². The fourth-order valence-electron chi connectivity index (χ4n) is 2.42. The summed E-state index contributed by atoms with van der Waals surface area (Å²) < 4.78 is 0. The lowest BCUT2D eigenvalue weighted by atomic mass is 10.1. The molecule has 2 aliphatic heterocycles. The van der Waals surface area contributed by atoms with Crippen LogP contribution in [-0.4, -0.2) is 34.6 Å². The van der Waals surface area contributed by atoms with Gasteiger partial charge in [-0.3, -0.25) is 29.4 Å². The van der Waals surface area contributed by atoms with E-state index >= 15 is 0 Å². The van der Waals surface area contributed by atoms with Crippen molar-refractivity contribution in [3.8, 4) is 0 Å². The first-order valence-corrected chi connectivity index (χ1v) is 5.90. The van der Waals surface area contributed by atoms with Gasteiger partial charge < -0.3 is 0 Å². The molecule has 4 amide bonds. The van der Waals surface area contributed by atoms with Gasteiger partial charge in [0.25, 0.3) is 11.8 Å². The minimum atomic E-state index is -0.898. The molecule has 6 heteroatoms. The van der Waals surface area contributed by atoms with Crippen molar-refractivity contribution in [2.24, 2.45) is 0 Å². The topological polar surface area (TPSA) is 83.6 Å². The largest absolute Gasteiger partial charge is 0.295 e. The molecule has 0 bridgehead atoms. The quantitative estimate of drug-likeness (QED) is 0.575. The summed E-state index contributed by atoms with van der Waals surface area (Å²) in [6, 6.07) is 5.55. The zero-order valence-electron chi connectivity index (χ0n) is 9.88. The molecular weight excluding hydrogens is 253 g/mol. The highest BCUT2D eigenvalue weighted by atomic mass is 16.3. The van der Waals surface area contributed by atoms with Crippen LogP contribution in [0.25, 0.3) is 0 Å². The fourth-order valence-corrected chi connectivity index (χ4v) is 2.42. The number of hydrogen-bond acceptors (Lipinski definition) is 4. The Morgan fingerprint density at radius 1 is 1.00 bits per heavy atom. The number of nitrogens with one attached hydrogen (secondary N) is 1. The number of hydrogen-bond donors (Lipinski definition) is 1. The summed E-state index contributed by atoms with van der Waals surface area (Å²) >= 11 is 0. The average molecular weight is 263 g/mol. The third-order valence-corrected chi connectivity index (χ3v) is 3.35. The van der Waals surface area contributed by atoms with Crippen LogP contribution in [0.5, 0.6) is 0 Å². The van der Waals surface area contributed by atoms with Gasteiger partial charge >= 0.3 is 0 Å². The maximum absolute atomic E-state index is 12.2. The third kappa shape index (κ3) is 1.64. The summed E-state index contributed by atoms with van der Waals surface area (Å²) in [5, 5.41) is 2.15. The molecule has 1 atom stereocenters. The predicted octanol–water partition coefficient (Wildman–Crippen LogP) is 0.0878. The maximum atomic E-state index is 12.2. The van der Waals surface area contributed by atoms with Gasteiger partial charge in [-0.25, -0.2) is 0 Å². The minimum Gasteiger partial charge on any atom is -0.295 e. The lowest BCUT2D eigenvalue weighted by molar-refractivity contribution is -0.136. The van der Waals surface area contributed by atoms with Crippen molar-refractivity contribution in [2.45, 2.75) is 18.9 Å². The van der Waals surface area contributed by atoms with Gasteiger partial charge in [0.2, 0.25) is 11.8 Å². The van der Waals surface area contributed by atoms with Crippen LogP contribution in [0.15, 0.2) is 24.3 Å². The molecule has 0 aromatic heterocycles. The Labute approximate surface area is 108 Å². The normalized spacial score (nSPS) is 22.5. The first-order chi connectivity index (χ1) is 9.09. The van der Waals surface area contributed by atoms with Crippen LogP contribution in [-0.2, 0) is 9.59 Å². The van der Waals surface area contributed by atoms with Gasteiger partial charge in [-0.15, -0.1) is 0 Å². The zero-order chi connectivity index (χ0) is 13.6. The smallest absolute Gasteiger partial charge is 0.262 e. The number of imide groups is 2. The van der Waals surface area contributed by atoms with Gasteiger partial charge in [0.05, 0.1) is 11.1 Å². The van der Waals surface area contributed by atoms with Gasteiger partial charge in [0, 0.05) is 6.42 Å². The SMILES string of the molecule is O=C1c2ccccc2C(=O)N1[13CH]1[13CH2][13CH2][13C](=O)N[13C]1=O. The molecule has 2 heterocycles. The van der Waals surface area contributed by atoms with E-state index in [4.69, 9.17) is 0 Å². The molecule has 1 aromatic rings. The van der Waals surface area contributed by atoms with E-state index in [-0.39, 0.29) is 18.7 Å². The Hall–Kier alpha value is -2.50. The summed E-state index contributed by atoms with van der Waals surface area (Å²) in [6.07, 6.45) is 0.306. The molecule has 1 saturated heterocycles. The van der Waals surface area contributed by atoms with Crippen molar-refractivity contribution in [3.05, 3.63) is 35.4 Å². The lowest BCUT2D eigenvalue weighted by Gasteiger charge is -2.27. The number of amides is 4. The van der Waals surface area contributed by atoms with Crippen LogP contribution in [0.3, 0.4) is 0 Å². The summed E-state index contributed by atoms with van der Waals surface area (Å²) in [5.74, 6) is -1.92. The number of benzene rings is 1. The standard InChI is InChI=1S/C13H10N2O4/c16-10-6-5-9(11(17)14-10)15-12(18)7-3-1-2-4-8(7)13(15)19/h1-4,9H,5-6H2,(H,14,16,17)/i5+1,6+1,9+1,10+1,11+1. The molecule has 2 aliphatic rings. The van der Waals surface area contributed by atoms with Crippen molar-refractivity contribution in [1.82, 2.24) is 10.2 Å². The third-order valence-electron chi connectivity index (χ3n) is 3.35. The minimum absolute atomic E-state index is 0.129. The fraction of sp³-hybridized carbons (Fsp3) is 0.231. The summed E-state index contributed by atoms with van der Waals surface area (Å²) in [4.78, 5) is 48.1. The molecule has 0 spiro atoms. The van der Waals surface area contributed by atoms with Crippen LogP contribution >= 0.6 is 0 Å². The molecule has 1 aromatic carbocycles. The Balaban J connectivity index is 1.96. The van der Waals surface area contributed by atoms with Gasteiger partial charge in [-0.1, -0.05) is 12.1 Å². The van der Waals surface area contributed by atoms with Crippen molar-refractivity contribution in [1.29, 1.82) is 0 Å². The Kier molecular flexibility index (Phi) is 2.45. The van der Waals surface area contributed by atoms with Crippen molar-refractivity contribution < 1.29 is 19.2 Å². The molecule has 96 valence electrons. The molecule has 1 unspecified atom stereocenters. The summed E-state index contributed by atoms with van der Waals surface area (Å²) in [5.41, 5.74) is 0.606. The molecule has 1 fully saturated rings. The highest BCUT2D eigenvalue weighted by Crippen LogP contribution is 2.26. The molecule has 1 N–H and O–H groups in total. The molecular formula is C13H10N2O4. The second-order valence-corrected chi connectivity index (χ2v) is 4.49. The van der Waals surface area contributed by atoms with E-state index in [1.807, 2.05) is 0 Å². The van der Waals surface area contributed by atoms with E-state index in [0.717, 1.165) is 4.90 Å². The predicted molar refractivity (Wildman–Crippen MR) is 63.1 cm³/mol. The van der Waals surface area contributed by atoms with Gasteiger partial charge in [-0.05, 0) is 18.6 Å². The molecule has 0 aliphatic carbocycles. The second kappa shape index (κ2) is 4.01. The number of piperidine rings is 1. The molecule has 6 nitrogen and oxygen atoms in total. The van der Waals surface area contributed by atoms with Crippen molar-refractivity contribution >= 4 is 23.6 Å². The lowest BCUT2D eigenvalue weighted by Crippen LogP contribution is -2.54. The van der Waals surface area contributed by atoms with Crippen LogP contribution in [0.2, 0.25) is 0 Å². The average Bonchev–Trinajstić information content (AvgIpc) is 2.64. The van der Waals surface area contributed by atoms with E-state index in [9.17, 15) is 19.2 Å². The van der Waals surface area contributed by atoms with Gasteiger partial charge in [0.15, 0.2) is 0 Å². The Morgan fingerprint density at radius 2 is 1.58 bits per heavy atom. The number of carbonyl (C=O) groups excluding carboxylic acids is 4. The van der Waals surface area contributed by atoms with E-state index in [0.29, 0.717) is 11.1 Å². The first-order valence-electron chi connectivity index (χ1n) is 5.90. The first kappa shape index (κ1) is 11.6. The summed E-state index contributed by atoms with van der Waals surface area (Å²) in [6.45, 7) is 0. The Bertz CT molecular complexity index is 588. The number of carbonyl (C=O) groups is 4. The van der Waals surface area contributed by atoms with Crippen molar-refractivity contribution in [2.75, 3.05) is 0 Å². The van der Waals surface area contributed by atoms with Crippen LogP contribution < -0.4 is 5.32 Å². The highest BCUT2D eigenvalue weighted by molar-refractivity contribution is 6.23. The highest BCUT2D eigenvalue weighted by Gasteiger charge is 2.44. The zero-order valence-corrected chi connectivity index (χ0v) is 9.88. The molecule has 19 heavy (non-hydrogen) atoms. The van der Waals surface area contributed by atoms with Gasteiger partial charge in [-0.2, -0.15) is 0 Å². The van der Waals surface area contributed by atoms with E-state index in [1.54, 1.807) is 24.3 Å². The van der Waals surface area contributed by atoms with Crippen molar-refractivity contribution in [3.63, 3.8) is 0 Å². The number of nitrogens with zero attached hydrogens (tertiary/aromatic N) is 1. The second-order valence-electron chi connectivity index (χ2n) is 4.49. The molecule has 3 rings (SSSR count). The molecule has 0 radical (unpaired) electrons. The number of fused-ring (bicyclic) bond motifs is 1.